The van der Waals surface area contributed by atoms with Crippen molar-refractivity contribution in [2.24, 2.45) is 16.7 Å². The standard InChI is InChI=1S/C11H19NO/c1-10(2)8-4-5-11(3,6-8)9(10)12-7-13/h7-9H,4-6H2,1-3H3,(H,12,13)/t8?,9?,11-/m1/s1. The Hall–Kier alpha value is -0.530. The van der Waals surface area contributed by atoms with Crippen LogP contribution in [0.15, 0.2) is 0 Å². The molecule has 3 atom stereocenters. The molecule has 13 heavy (non-hydrogen) atoms. The van der Waals surface area contributed by atoms with Crippen molar-refractivity contribution < 1.29 is 4.79 Å². The third-order valence-corrected chi connectivity index (χ3v) is 4.50. The first-order valence-electron chi connectivity index (χ1n) is 5.20. The lowest BCUT2D eigenvalue weighted by atomic mass is 9.68. The zero-order valence-corrected chi connectivity index (χ0v) is 8.76. The first-order chi connectivity index (χ1) is 6.00. The van der Waals surface area contributed by atoms with E-state index in [9.17, 15) is 4.79 Å². The zero-order valence-electron chi connectivity index (χ0n) is 8.76. The molecule has 0 aliphatic heterocycles. The van der Waals surface area contributed by atoms with Gasteiger partial charge in [0.1, 0.15) is 0 Å². The topological polar surface area (TPSA) is 29.1 Å². The Balaban J connectivity index is 2.28. The smallest absolute Gasteiger partial charge is 0.207 e. The molecule has 2 rings (SSSR count). The van der Waals surface area contributed by atoms with Crippen LogP contribution in [-0.4, -0.2) is 12.5 Å². The maximum Gasteiger partial charge on any atom is 0.207 e. The summed E-state index contributed by atoms with van der Waals surface area (Å²) < 4.78 is 0. The van der Waals surface area contributed by atoms with E-state index in [1.165, 1.54) is 19.3 Å². The van der Waals surface area contributed by atoms with E-state index in [0.717, 1.165) is 12.3 Å². The van der Waals surface area contributed by atoms with Crippen LogP contribution >= 0.6 is 0 Å². The Morgan fingerprint density at radius 2 is 2.08 bits per heavy atom. The van der Waals surface area contributed by atoms with Gasteiger partial charge in [0.25, 0.3) is 0 Å². The predicted molar refractivity (Wildman–Crippen MR) is 52.2 cm³/mol. The van der Waals surface area contributed by atoms with Gasteiger partial charge >= 0.3 is 0 Å². The summed E-state index contributed by atoms with van der Waals surface area (Å²) in [4.78, 5) is 10.6. The van der Waals surface area contributed by atoms with Crippen LogP contribution in [0.2, 0.25) is 0 Å². The van der Waals surface area contributed by atoms with E-state index in [-0.39, 0.29) is 0 Å². The SMILES string of the molecule is CC1(C)C2CC[C@](C)(C2)C1NC=O. The van der Waals surface area contributed by atoms with Gasteiger partial charge in [0.15, 0.2) is 0 Å². The van der Waals surface area contributed by atoms with Crippen LogP contribution in [-0.2, 0) is 4.79 Å². The second kappa shape index (κ2) is 2.49. The number of hydrogen-bond donors (Lipinski definition) is 1. The highest BCUT2D eigenvalue weighted by atomic mass is 16.1. The molecule has 2 nitrogen and oxygen atoms in total. The minimum atomic E-state index is 0.300. The Morgan fingerprint density at radius 1 is 1.38 bits per heavy atom. The molecule has 0 aromatic heterocycles. The average molecular weight is 181 g/mol. The minimum absolute atomic E-state index is 0.300. The summed E-state index contributed by atoms with van der Waals surface area (Å²) in [6.07, 6.45) is 4.80. The summed E-state index contributed by atoms with van der Waals surface area (Å²) >= 11 is 0. The van der Waals surface area contributed by atoms with Gasteiger partial charge in [0.2, 0.25) is 6.41 Å². The minimum Gasteiger partial charge on any atom is -0.355 e. The molecule has 0 heterocycles. The van der Waals surface area contributed by atoms with Gasteiger partial charge in [-0.3, -0.25) is 4.79 Å². The number of amides is 1. The molecule has 2 heteroatoms. The van der Waals surface area contributed by atoms with Crippen LogP contribution in [0.4, 0.5) is 0 Å². The van der Waals surface area contributed by atoms with Crippen LogP contribution in [0, 0.1) is 16.7 Å². The first kappa shape index (κ1) is 9.04. The highest BCUT2D eigenvalue weighted by molar-refractivity contribution is 5.48. The van der Waals surface area contributed by atoms with E-state index < -0.39 is 0 Å². The van der Waals surface area contributed by atoms with E-state index in [2.05, 4.69) is 26.1 Å². The molecule has 74 valence electrons. The molecule has 0 aromatic carbocycles. The summed E-state index contributed by atoms with van der Waals surface area (Å²) in [6.45, 7) is 6.91. The largest absolute Gasteiger partial charge is 0.355 e. The number of nitrogens with one attached hydrogen (secondary N) is 1. The van der Waals surface area contributed by atoms with Gasteiger partial charge in [-0.1, -0.05) is 20.8 Å². The molecule has 0 radical (unpaired) electrons. The molecule has 0 spiro atoms. The Labute approximate surface area is 80.1 Å². The van der Waals surface area contributed by atoms with Gasteiger partial charge in [-0.05, 0) is 36.0 Å². The van der Waals surface area contributed by atoms with Gasteiger partial charge in [-0.2, -0.15) is 0 Å². The monoisotopic (exact) mass is 181 g/mol. The van der Waals surface area contributed by atoms with Gasteiger partial charge in [-0.25, -0.2) is 0 Å². The fourth-order valence-electron chi connectivity index (χ4n) is 3.79. The van der Waals surface area contributed by atoms with Gasteiger partial charge < -0.3 is 5.32 Å². The molecule has 1 N–H and O–H groups in total. The molecular formula is C11H19NO. The number of carbonyl (C=O) groups excluding carboxylic acids is 1. The van der Waals surface area contributed by atoms with Crippen LogP contribution in [0.25, 0.3) is 0 Å². The fourth-order valence-corrected chi connectivity index (χ4v) is 3.79. The van der Waals surface area contributed by atoms with E-state index in [1.54, 1.807) is 0 Å². The lowest BCUT2D eigenvalue weighted by Gasteiger charge is -2.42. The molecule has 2 bridgehead atoms. The lowest BCUT2D eigenvalue weighted by Crippen LogP contribution is -2.49. The number of carbonyl (C=O) groups is 1. The maximum absolute atomic E-state index is 10.6. The van der Waals surface area contributed by atoms with Gasteiger partial charge in [0.05, 0.1) is 0 Å². The second-order valence-electron chi connectivity index (χ2n) is 5.63. The van der Waals surface area contributed by atoms with Gasteiger partial charge in [-0.15, -0.1) is 0 Å². The molecule has 2 saturated carbocycles. The molecule has 1 amide bonds. The third-order valence-electron chi connectivity index (χ3n) is 4.50. The summed E-state index contributed by atoms with van der Waals surface area (Å²) in [6, 6.07) is 0.385. The van der Waals surface area contributed by atoms with E-state index in [1.807, 2.05) is 0 Å². The Morgan fingerprint density at radius 3 is 2.54 bits per heavy atom. The van der Waals surface area contributed by atoms with Crippen molar-refractivity contribution in [1.82, 2.24) is 5.32 Å². The van der Waals surface area contributed by atoms with Crippen molar-refractivity contribution >= 4 is 6.41 Å². The summed E-state index contributed by atoms with van der Waals surface area (Å²) in [7, 11) is 0. The average Bonchev–Trinajstić information content (AvgIpc) is 2.50. The molecule has 2 aliphatic carbocycles. The van der Waals surface area contributed by atoms with Crippen molar-refractivity contribution in [1.29, 1.82) is 0 Å². The van der Waals surface area contributed by atoms with Crippen molar-refractivity contribution in [3.05, 3.63) is 0 Å². The van der Waals surface area contributed by atoms with E-state index >= 15 is 0 Å². The Kier molecular flexibility index (Phi) is 1.73. The summed E-state index contributed by atoms with van der Waals surface area (Å²) in [5.41, 5.74) is 0.670. The van der Waals surface area contributed by atoms with Crippen LogP contribution in [0.3, 0.4) is 0 Å². The molecule has 0 aromatic rings. The van der Waals surface area contributed by atoms with Gasteiger partial charge in [0, 0.05) is 6.04 Å². The maximum atomic E-state index is 10.6. The van der Waals surface area contributed by atoms with Crippen LogP contribution in [0.5, 0.6) is 0 Å². The van der Waals surface area contributed by atoms with Crippen molar-refractivity contribution in [3.63, 3.8) is 0 Å². The van der Waals surface area contributed by atoms with E-state index in [4.69, 9.17) is 0 Å². The third kappa shape index (κ3) is 1.04. The number of fused-ring (bicyclic) bond motifs is 2. The predicted octanol–water partition coefficient (Wildman–Crippen LogP) is 1.95. The summed E-state index contributed by atoms with van der Waals surface area (Å²) in [5, 5.41) is 3.03. The quantitative estimate of drug-likeness (QED) is 0.648. The second-order valence-corrected chi connectivity index (χ2v) is 5.63. The molecule has 0 saturated heterocycles. The summed E-state index contributed by atoms with van der Waals surface area (Å²) in [5.74, 6) is 0.815. The highest BCUT2D eigenvalue weighted by Crippen LogP contribution is 2.62. The van der Waals surface area contributed by atoms with Crippen molar-refractivity contribution in [2.75, 3.05) is 0 Å². The molecule has 2 aliphatic rings. The normalized spacial score (nSPS) is 46.4. The molecule has 2 fully saturated rings. The lowest BCUT2D eigenvalue weighted by molar-refractivity contribution is -0.112. The van der Waals surface area contributed by atoms with E-state index in [0.29, 0.717) is 16.9 Å². The number of rotatable bonds is 2. The number of hydrogen-bond acceptors (Lipinski definition) is 1. The zero-order chi connectivity index (χ0) is 9.69. The highest BCUT2D eigenvalue weighted by Gasteiger charge is 2.59. The van der Waals surface area contributed by atoms with Crippen LogP contribution < -0.4 is 5.32 Å². The van der Waals surface area contributed by atoms with Crippen molar-refractivity contribution in [3.8, 4) is 0 Å². The van der Waals surface area contributed by atoms with Crippen LogP contribution in [0.1, 0.15) is 40.0 Å². The fraction of sp³-hybridized carbons (Fsp3) is 0.909. The Bertz CT molecular complexity index is 231. The molecular weight excluding hydrogens is 162 g/mol. The first-order valence-corrected chi connectivity index (χ1v) is 5.20. The molecule has 2 unspecified atom stereocenters. The van der Waals surface area contributed by atoms with Crippen molar-refractivity contribution in [2.45, 2.75) is 46.1 Å².